The van der Waals surface area contributed by atoms with E-state index in [1.165, 1.54) is 36.0 Å². The highest BCUT2D eigenvalue weighted by Gasteiger charge is 2.20. The van der Waals surface area contributed by atoms with E-state index >= 15 is 0 Å². The minimum atomic E-state index is 0.473. The van der Waals surface area contributed by atoms with Crippen molar-refractivity contribution in [2.24, 2.45) is 0 Å². The summed E-state index contributed by atoms with van der Waals surface area (Å²) in [5, 5.41) is 5.08. The van der Waals surface area contributed by atoms with Crippen LogP contribution in [0.1, 0.15) is 48.9 Å². The highest BCUT2D eigenvalue weighted by Crippen LogP contribution is 2.30. The standard InChI is InChI=1S/C20H23Cl2N/c1-14(9-10-15-11-12-18(21)19(22)13-15)23-20-8-4-6-16-5-2-3-7-17(16)20/h2-3,5,7,11-14,20,23H,4,6,8-10H2,1H3. The average molecular weight is 348 g/mol. The molecule has 0 bridgehead atoms. The van der Waals surface area contributed by atoms with Gasteiger partial charge in [-0.1, -0.05) is 53.5 Å². The molecule has 0 aromatic heterocycles. The highest BCUT2D eigenvalue weighted by molar-refractivity contribution is 6.42. The zero-order chi connectivity index (χ0) is 16.2. The maximum atomic E-state index is 6.09. The van der Waals surface area contributed by atoms with Gasteiger partial charge in [0.15, 0.2) is 0 Å². The molecule has 1 nitrogen and oxygen atoms in total. The molecule has 0 saturated carbocycles. The lowest BCUT2D eigenvalue weighted by Crippen LogP contribution is -2.33. The van der Waals surface area contributed by atoms with Crippen molar-refractivity contribution in [3.8, 4) is 0 Å². The Balaban J connectivity index is 1.57. The SMILES string of the molecule is CC(CCc1ccc(Cl)c(Cl)c1)NC1CCCc2ccccc21. The zero-order valence-corrected chi connectivity index (χ0v) is 15.0. The molecule has 0 aliphatic heterocycles. The van der Waals surface area contributed by atoms with Crippen LogP contribution in [0.4, 0.5) is 0 Å². The summed E-state index contributed by atoms with van der Waals surface area (Å²) in [6.45, 7) is 2.27. The van der Waals surface area contributed by atoms with Crippen molar-refractivity contribution < 1.29 is 0 Å². The normalized spacial score (nSPS) is 18.5. The van der Waals surface area contributed by atoms with Gasteiger partial charge in [-0.3, -0.25) is 0 Å². The molecule has 3 rings (SSSR count). The fourth-order valence-electron chi connectivity index (χ4n) is 3.43. The molecule has 1 aliphatic rings. The minimum absolute atomic E-state index is 0.473. The van der Waals surface area contributed by atoms with Crippen LogP contribution in [0.3, 0.4) is 0 Å². The number of nitrogens with one attached hydrogen (secondary N) is 1. The van der Waals surface area contributed by atoms with Gasteiger partial charge in [0.2, 0.25) is 0 Å². The summed E-state index contributed by atoms with van der Waals surface area (Å²) in [7, 11) is 0. The van der Waals surface area contributed by atoms with Gasteiger partial charge in [-0.05, 0) is 67.9 Å². The van der Waals surface area contributed by atoms with Crippen LogP contribution in [0.5, 0.6) is 0 Å². The van der Waals surface area contributed by atoms with E-state index in [-0.39, 0.29) is 0 Å². The fourth-order valence-corrected chi connectivity index (χ4v) is 3.75. The van der Waals surface area contributed by atoms with Crippen LogP contribution in [0, 0.1) is 0 Å². The third-order valence-corrected chi connectivity index (χ3v) is 5.44. The van der Waals surface area contributed by atoms with Crippen LogP contribution in [-0.4, -0.2) is 6.04 Å². The number of benzene rings is 2. The van der Waals surface area contributed by atoms with Gasteiger partial charge in [0.25, 0.3) is 0 Å². The van der Waals surface area contributed by atoms with Crippen molar-refractivity contribution in [3.63, 3.8) is 0 Å². The average Bonchev–Trinajstić information content (AvgIpc) is 2.56. The first kappa shape index (κ1) is 16.8. The largest absolute Gasteiger partial charge is 0.307 e. The molecular formula is C20H23Cl2N. The Bertz CT molecular complexity index is 668. The maximum absolute atomic E-state index is 6.09. The number of hydrogen-bond acceptors (Lipinski definition) is 1. The number of halogens is 2. The van der Waals surface area contributed by atoms with E-state index < -0.39 is 0 Å². The Labute approximate surface area is 149 Å². The second kappa shape index (κ2) is 7.70. The Hall–Kier alpha value is -1.02. The second-order valence-electron chi connectivity index (χ2n) is 6.50. The molecular weight excluding hydrogens is 325 g/mol. The van der Waals surface area contributed by atoms with Gasteiger partial charge in [-0.25, -0.2) is 0 Å². The maximum Gasteiger partial charge on any atom is 0.0595 e. The van der Waals surface area contributed by atoms with Crippen molar-refractivity contribution in [2.75, 3.05) is 0 Å². The fraction of sp³-hybridized carbons (Fsp3) is 0.400. The van der Waals surface area contributed by atoms with Gasteiger partial charge in [0.1, 0.15) is 0 Å². The summed E-state index contributed by atoms with van der Waals surface area (Å²) in [6.07, 6.45) is 5.82. The molecule has 122 valence electrons. The molecule has 1 aliphatic carbocycles. The molecule has 0 heterocycles. The Morgan fingerprint density at radius 2 is 1.96 bits per heavy atom. The van der Waals surface area contributed by atoms with Gasteiger partial charge in [-0.15, -0.1) is 0 Å². The van der Waals surface area contributed by atoms with Crippen molar-refractivity contribution >= 4 is 23.2 Å². The third-order valence-electron chi connectivity index (χ3n) is 4.71. The van der Waals surface area contributed by atoms with Crippen LogP contribution >= 0.6 is 23.2 Å². The van der Waals surface area contributed by atoms with Crippen molar-refractivity contribution in [3.05, 3.63) is 69.2 Å². The van der Waals surface area contributed by atoms with E-state index in [0.29, 0.717) is 22.1 Å². The van der Waals surface area contributed by atoms with E-state index in [4.69, 9.17) is 23.2 Å². The molecule has 0 saturated heterocycles. The van der Waals surface area contributed by atoms with Crippen molar-refractivity contribution in [1.29, 1.82) is 0 Å². The summed E-state index contributed by atoms with van der Waals surface area (Å²) in [5.74, 6) is 0. The van der Waals surface area contributed by atoms with Crippen LogP contribution in [0.2, 0.25) is 10.0 Å². The molecule has 2 unspecified atom stereocenters. The molecule has 3 heteroatoms. The highest BCUT2D eigenvalue weighted by atomic mass is 35.5. The zero-order valence-electron chi connectivity index (χ0n) is 13.5. The second-order valence-corrected chi connectivity index (χ2v) is 7.31. The summed E-state index contributed by atoms with van der Waals surface area (Å²) in [6, 6.07) is 15.7. The molecule has 1 N–H and O–H groups in total. The molecule has 0 spiro atoms. The van der Waals surface area contributed by atoms with Gasteiger partial charge in [0, 0.05) is 12.1 Å². The monoisotopic (exact) mass is 347 g/mol. The third kappa shape index (κ3) is 4.29. The lowest BCUT2D eigenvalue weighted by Gasteiger charge is -2.29. The molecule has 0 fully saturated rings. The Morgan fingerprint density at radius 3 is 2.78 bits per heavy atom. The van der Waals surface area contributed by atoms with Crippen LogP contribution in [-0.2, 0) is 12.8 Å². The molecule has 2 aromatic carbocycles. The predicted molar refractivity (Wildman–Crippen MR) is 99.5 cm³/mol. The first-order valence-corrected chi connectivity index (χ1v) is 9.17. The number of fused-ring (bicyclic) bond motifs is 1. The quantitative estimate of drug-likeness (QED) is 0.701. The first-order valence-electron chi connectivity index (χ1n) is 8.41. The van der Waals surface area contributed by atoms with Gasteiger partial charge in [0.05, 0.1) is 10.0 Å². The number of aryl methyl sites for hydroxylation is 2. The Morgan fingerprint density at radius 1 is 1.13 bits per heavy atom. The van der Waals surface area contributed by atoms with Crippen LogP contribution in [0.25, 0.3) is 0 Å². The van der Waals surface area contributed by atoms with E-state index in [0.717, 1.165) is 12.8 Å². The lowest BCUT2D eigenvalue weighted by atomic mass is 9.87. The minimum Gasteiger partial charge on any atom is -0.307 e. The molecule has 2 aromatic rings. The van der Waals surface area contributed by atoms with Gasteiger partial charge < -0.3 is 5.32 Å². The van der Waals surface area contributed by atoms with Crippen molar-refractivity contribution in [2.45, 2.75) is 51.1 Å². The first-order chi connectivity index (χ1) is 11.1. The van der Waals surface area contributed by atoms with E-state index in [1.54, 1.807) is 0 Å². The van der Waals surface area contributed by atoms with Gasteiger partial charge in [-0.2, -0.15) is 0 Å². The molecule has 0 radical (unpaired) electrons. The van der Waals surface area contributed by atoms with Crippen molar-refractivity contribution in [1.82, 2.24) is 5.32 Å². The Kier molecular flexibility index (Phi) is 5.63. The predicted octanol–water partition coefficient (Wildman–Crippen LogP) is 5.98. The van der Waals surface area contributed by atoms with E-state index in [1.807, 2.05) is 12.1 Å². The smallest absolute Gasteiger partial charge is 0.0595 e. The molecule has 23 heavy (non-hydrogen) atoms. The van der Waals surface area contributed by atoms with E-state index in [9.17, 15) is 0 Å². The lowest BCUT2D eigenvalue weighted by molar-refractivity contribution is 0.395. The molecule has 2 atom stereocenters. The number of rotatable bonds is 5. The van der Waals surface area contributed by atoms with Crippen LogP contribution < -0.4 is 5.32 Å². The summed E-state index contributed by atoms with van der Waals surface area (Å²) < 4.78 is 0. The summed E-state index contributed by atoms with van der Waals surface area (Å²) >= 11 is 12.1. The van der Waals surface area contributed by atoms with Crippen LogP contribution in [0.15, 0.2) is 42.5 Å². The van der Waals surface area contributed by atoms with Gasteiger partial charge >= 0.3 is 0 Å². The molecule has 0 amide bonds. The summed E-state index contributed by atoms with van der Waals surface area (Å²) in [5.41, 5.74) is 4.24. The summed E-state index contributed by atoms with van der Waals surface area (Å²) in [4.78, 5) is 0. The number of hydrogen-bond donors (Lipinski definition) is 1. The topological polar surface area (TPSA) is 12.0 Å². The van der Waals surface area contributed by atoms with E-state index in [2.05, 4.69) is 42.6 Å².